The first-order valence-corrected chi connectivity index (χ1v) is 10.6. The van der Waals surface area contributed by atoms with E-state index in [-0.39, 0.29) is 31.9 Å². The molecule has 0 unspecified atom stereocenters. The molecule has 0 aliphatic rings. The van der Waals surface area contributed by atoms with Gasteiger partial charge in [-0.05, 0) is 36.1 Å². The summed E-state index contributed by atoms with van der Waals surface area (Å²) in [5, 5.41) is 9.20. The van der Waals surface area contributed by atoms with Gasteiger partial charge in [-0.2, -0.15) is 0 Å². The van der Waals surface area contributed by atoms with Crippen molar-refractivity contribution in [3.63, 3.8) is 0 Å². The lowest BCUT2D eigenvalue weighted by Crippen LogP contribution is -2.39. The third kappa shape index (κ3) is 3.78. The lowest BCUT2D eigenvalue weighted by Gasteiger charge is -2.13. The summed E-state index contributed by atoms with van der Waals surface area (Å²) in [7, 11) is 1.59. The van der Waals surface area contributed by atoms with Crippen molar-refractivity contribution >= 4 is 11.2 Å². The number of fused-ring (bicyclic) bond motifs is 1. The number of benzene rings is 2. The topological polar surface area (TPSA) is 82.1 Å². The number of aliphatic hydroxyl groups excluding tert-OH is 1. The van der Waals surface area contributed by atoms with Crippen LogP contribution in [0, 0.1) is 5.82 Å². The molecule has 0 atom stereocenters. The molecule has 0 aliphatic heterocycles. The highest BCUT2D eigenvalue weighted by molar-refractivity contribution is 5.78. The van der Waals surface area contributed by atoms with Gasteiger partial charge in [0.25, 0.3) is 5.56 Å². The summed E-state index contributed by atoms with van der Waals surface area (Å²) in [6, 6.07) is 13.9. The fourth-order valence-electron chi connectivity index (χ4n) is 3.98. The SMILES string of the molecule is CCc1ccccc1-c1nc2c(c(=O)n(CCCO)c(=O)n2C)n1Cc1ccc(F)cc1. The second-order valence-electron chi connectivity index (χ2n) is 7.71. The van der Waals surface area contributed by atoms with Crippen LogP contribution < -0.4 is 11.2 Å². The Morgan fingerprint density at radius 3 is 2.44 bits per heavy atom. The molecule has 0 bridgehead atoms. The molecule has 0 saturated heterocycles. The molecule has 4 aromatic rings. The number of rotatable bonds is 7. The highest BCUT2D eigenvalue weighted by Gasteiger charge is 2.22. The van der Waals surface area contributed by atoms with Crippen molar-refractivity contribution in [1.82, 2.24) is 18.7 Å². The number of hydrogen-bond acceptors (Lipinski definition) is 4. The van der Waals surface area contributed by atoms with E-state index < -0.39 is 11.2 Å². The predicted molar refractivity (Wildman–Crippen MR) is 121 cm³/mol. The van der Waals surface area contributed by atoms with Crippen molar-refractivity contribution in [2.75, 3.05) is 6.61 Å². The molecule has 0 saturated carbocycles. The highest BCUT2D eigenvalue weighted by Crippen LogP contribution is 2.27. The van der Waals surface area contributed by atoms with Crippen molar-refractivity contribution < 1.29 is 9.50 Å². The number of nitrogens with zero attached hydrogens (tertiary/aromatic N) is 4. The fourth-order valence-corrected chi connectivity index (χ4v) is 3.98. The zero-order valence-corrected chi connectivity index (χ0v) is 18.1. The molecule has 2 heterocycles. The lowest BCUT2D eigenvalue weighted by atomic mass is 10.0. The Morgan fingerprint density at radius 2 is 1.75 bits per heavy atom. The van der Waals surface area contributed by atoms with Crippen LogP contribution in [-0.4, -0.2) is 30.4 Å². The minimum absolute atomic E-state index is 0.112. The predicted octanol–water partition coefficient (Wildman–Crippen LogP) is 2.70. The molecule has 4 rings (SSSR count). The molecule has 0 spiro atoms. The molecule has 0 aliphatic carbocycles. The average Bonchev–Trinajstić information content (AvgIpc) is 3.18. The molecule has 2 aromatic carbocycles. The van der Waals surface area contributed by atoms with Crippen LogP contribution in [0.2, 0.25) is 0 Å². The van der Waals surface area contributed by atoms with Gasteiger partial charge in [-0.3, -0.25) is 13.9 Å². The molecular weight excluding hydrogens is 411 g/mol. The molecule has 7 nitrogen and oxygen atoms in total. The summed E-state index contributed by atoms with van der Waals surface area (Å²) in [6.45, 7) is 2.32. The zero-order chi connectivity index (χ0) is 22.8. The Hall–Kier alpha value is -3.52. The van der Waals surface area contributed by atoms with E-state index in [9.17, 15) is 19.1 Å². The van der Waals surface area contributed by atoms with E-state index in [2.05, 4.69) is 0 Å². The minimum Gasteiger partial charge on any atom is -0.396 e. The summed E-state index contributed by atoms with van der Waals surface area (Å²) in [5.74, 6) is 0.239. The molecule has 8 heteroatoms. The van der Waals surface area contributed by atoms with Crippen LogP contribution >= 0.6 is 0 Å². The summed E-state index contributed by atoms with van der Waals surface area (Å²) in [4.78, 5) is 31.0. The first kappa shape index (κ1) is 21.7. The van der Waals surface area contributed by atoms with Gasteiger partial charge in [0.2, 0.25) is 0 Å². The monoisotopic (exact) mass is 436 g/mol. The highest BCUT2D eigenvalue weighted by atomic mass is 19.1. The van der Waals surface area contributed by atoms with Crippen LogP contribution in [0.3, 0.4) is 0 Å². The van der Waals surface area contributed by atoms with Crippen molar-refractivity contribution in [2.45, 2.75) is 32.9 Å². The second kappa shape index (κ2) is 8.92. The van der Waals surface area contributed by atoms with Crippen LogP contribution in [0.1, 0.15) is 24.5 Å². The average molecular weight is 436 g/mol. The number of aryl methyl sites for hydroxylation is 2. The molecule has 166 valence electrons. The number of aliphatic hydroxyl groups is 1. The largest absolute Gasteiger partial charge is 0.396 e. The number of hydrogen-bond donors (Lipinski definition) is 1. The van der Waals surface area contributed by atoms with Crippen LogP contribution in [0.25, 0.3) is 22.6 Å². The Kier molecular flexibility index (Phi) is 6.05. The van der Waals surface area contributed by atoms with E-state index in [0.29, 0.717) is 17.0 Å². The Balaban J connectivity index is 2.05. The number of aromatic nitrogens is 4. The van der Waals surface area contributed by atoms with Crippen molar-refractivity contribution in [1.29, 1.82) is 0 Å². The molecule has 0 amide bonds. The Bertz CT molecular complexity index is 1380. The van der Waals surface area contributed by atoms with Crippen molar-refractivity contribution in [3.05, 3.63) is 86.3 Å². The van der Waals surface area contributed by atoms with E-state index >= 15 is 0 Å². The quantitative estimate of drug-likeness (QED) is 0.483. The van der Waals surface area contributed by atoms with E-state index in [1.807, 2.05) is 31.2 Å². The van der Waals surface area contributed by atoms with E-state index in [1.54, 1.807) is 23.7 Å². The normalized spacial score (nSPS) is 11.4. The molecule has 1 N–H and O–H groups in total. The maximum Gasteiger partial charge on any atom is 0.332 e. The van der Waals surface area contributed by atoms with Crippen LogP contribution in [-0.2, 0) is 26.6 Å². The summed E-state index contributed by atoms with van der Waals surface area (Å²) in [6.07, 6.45) is 1.06. The van der Waals surface area contributed by atoms with Crippen molar-refractivity contribution in [2.24, 2.45) is 7.05 Å². The molecular formula is C24H25FN4O3. The zero-order valence-electron chi connectivity index (χ0n) is 18.1. The molecule has 32 heavy (non-hydrogen) atoms. The van der Waals surface area contributed by atoms with Gasteiger partial charge in [-0.25, -0.2) is 14.2 Å². The summed E-state index contributed by atoms with van der Waals surface area (Å²) < 4.78 is 17.8. The molecule has 2 aromatic heterocycles. The second-order valence-corrected chi connectivity index (χ2v) is 7.71. The van der Waals surface area contributed by atoms with E-state index in [4.69, 9.17) is 4.98 Å². The Morgan fingerprint density at radius 1 is 1.03 bits per heavy atom. The maximum atomic E-state index is 13.5. The summed E-state index contributed by atoms with van der Waals surface area (Å²) in [5.41, 5.74) is 2.41. The van der Waals surface area contributed by atoms with Crippen molar-refractivity contribution in [3.8, 4) is 11.4 Å². The van der Waals surface area contributed by atoms with Gasteiger partial charge < -0.3 is 9.67 Å². The van der Waals surface area contributed by atoms with Crippen LogP contribution in [0.15, 0.2) is 58.1 Å². The Labute approximate surface area is 184 Å². The number of halogens is 1. The fraction of sp³-hybridized carbons (Fsp3) is 0.292. The van der Waals surface area contributed by atoms with E-state index in [1.165, 1.54) is 16.7 Å². The van der Waals surface area contributed by atoms with Gasteiger partial charge in [0.15, 0.2) is 11.2 Å². The van der Waals surface area contributed by atoms with E-state index in [0.717, 1.165) is 27.7 Å². The molecule has 0 fully saturated rings. The van der Waals surface area contributed by atoms with Crippen LogP contribution in [0.4, 0.5) is 4.39 Å². The smallest absolute Gasteiger partial charge is 0.332 e. The first-order chi connectivity index (χ1) is 15.5. The van der Waals surface area contributed by atoms with Crippen LogP contribution in [0.5, 0.6) is 0 Å². The van der Waals surface area contributed by atoms with Gasteiger partial charge in [-0.15, -0.1) is 0 Å². The maximum absolute atomic E-state index is 13.5. The minimum atomic E-state index is -0.474. The van der Waals surface area contributed by atoms with Gasteiger partial charge in [0.05, 0.1) is 0 Å². The number of imidazole rings is 1. The summed E-state index contributed by atoms with van der Waals surface area (Å²) >= 11 is 0. The first-order valence-electron chi connectivity index (χ1n) is 10.6. The van der Waals surface area contributed by atoms with Gasteiger partial charge >= 0.3 is 5.69 Å². The standard InChI is InChI=1S/C24H25FN4O3/c1-3-17-7-4-5-8-19(17)21-26-22-20(29(21)15-16-9-11-18(25)12-10-16)23(31)28(13-6-14-30)24(32)27(22)2/h4-5,7-12,30H,3,6,13-15H2,1-2H3. The third-order valence-corrected chi connectivity index (χ3v) is 5.67. The van der Waals surface area contributed by atoms with Gasteiger partial charge in [-0.1, -0.05) is 43.3 Å². The van der Waals surface area contributed by atoms with Gasteiger partial charge in [0, 0.05) is 32.3 Å². The lowest BCUT2D eigenvalue weighted by molar-refractivity contribution is 0.277. The molecule has 0 radical (unpaired) electrons. The van der Waals surface area contributed by atoms with Gasteiger partial charge in [0.1, 0.15) is 11.6 Å². The third-order valence-electron chi connectivity index (χ3n) is 5.67.